The number of fused-ring (bicyclic) bond motifs is 1. The number of aromatic nitrogens is 4. The quantitative estimate of drug-likeness (QED) is 0.460. The van der Waals surface area contributed by atoms with Gasteiger partial charge in [-0.15, -0.1) is 5.10 Å². The third-order valence-electron chi connectivity index (χ3n) is 5.50. The van der Waals surface area contributed by atoms with Gasteiger partial charge in [-0.25, -0.2) is 9.67 Å². The molecule has 7 nitrogen and oxygen atoms in total. The minimum atomic E-state index is -4.88. The van der Waals surface area contributed by atoms with Crippen LogP contribution in [-0.2, 0) is 12.1 Å². The molecule has 4 aromatic rings. The van der Waals surface area contributed by atoms with E-state index in [2.05, 4.69) is 15.3 Å². The Hall–Kier alpha value is -3.79. The highest BCUT2D eigenvalue weighted by Crippen LogP contribution is 2.40. The third-order valence-corrected chi connectivity index (χ3v) is 5.50. The lowest BCUT2D eigenvalue weighted by Gasteiger charge is -2.26. The second kappa shape index (κ2) is 8.28. The number of benzene rings is 2. The summed E-state index contributed by atoms with van der Waals surface area (Å²) >= 11 is 0. The maximum Gasteiger partial charge on any atom is 0.423 e. The highest BCUT2D eigenvalue weighted by Gasteiger charge is 2.55. The van der Waals surface area contributed by atoms with E-state index in [0.717, 1.165) is 22.7 Å². The number of alkyl halides is 3. The van der Waals surface area contributed by atoms with Crippen molar-refractivity contribution in [1.82, 2.24) is 20.0 Å². The lowest BCUT2D eigenvalue weighted by atomic mass is 9.96. The minimum absolute atomic E-state index is 0.0870. The van der Waals surface area contributed by atoms with Crippen LogP contribution in [0.5, 0.6) is 0 Å². The Morgan fingerprint density at radius 3 is 2.48 bits per heavy atom. The fourth-order valence-electron chi connectivity index (χ4n) is 3.63. The average molecular weight is 455 g/mol. The Kier molecular flexibility index (Phi) is 5.62. The summed E-state index contributed by atoms with van der Waals surface area (Å²) in [4.78, 5) is 16.2. The van der Waals surface area contributed by atoms with E-state index in [1.807, 2.05) is 36.4 Å². The largest absolute Gasteiger partial charge is 0.423 e. The first-order valence-electron chi connectivity index (χ1n) is 10.1. The van der Waals surface area contributed by atoms with Crippen molar-refractivity contribution in [2.45, 2.75) is 31.7 Å². The molecule has 0 aliphatic carbocycles. The lowest BCUT2D eigenvalue weighted by molar-refractivity contribution is -0.269. The molecule has 4 rings (SSSR count). The van der Waals surface area contributed by atoms with Crippen LogP contribution >= 0.6 is 0 Å². The minimum Gasteiger partial charge on any atom is -0.375 e. The van der Waals surface area contributed by atoms with E-state index in [9.17, 15) is 23.1 Å². The summed E-state index contributed by atoms with van der Waals surface area (Å²) < 4.78 is 41.1. The summed E-state index contributed by atoms with van der Waals surface area (Å²) in [6, 6.07) is 16.4. The van der Waals surface area contributed by atoms with Crippen LogP contribution in [0.25, 0.3) is 22.0 Å². The van der Waals surface area contributed by atoms with Gasteiger partial charge < -0.3 is 10.8 Å². The second-order valence-corrected chi connectivity index (χ2v) is 7.65. The number of carbonyl (C=O) groups is 1. The molecule has 2 aromatic heterocycles. The molecule has 0 bridgehead atoms. The van der Waals surface area contributed by atoms with Gasteiger partial charge in [0.1, 0.15) is 11.4 Å². The molecule has 0 spiro atoms. The van der Waals surface area contributed by atoms with Gasteiger partial charge in [0, 0.05) is 5.39 Å². The highest BCUT2D eigenvalue weighted by molar-refractivity contribution is 6.00. The van der Waals surface area contributed by atoms with E-state index in [-0.39, 0.29) is 12.2 Å². The number of nitrogens with two attached hydrogens (primary N) is 1. The maximum atomic E-state index is 13.3. The first-order chi connectivity index (χ1) is 15.6. The Labute approximate surface area is 186 Å². The van der Waals surface area contributed by atoms with Crippen molar-refractivity contribution in [3.8, 4) is 11.1 Å². The molecule has 1 amide bonds. The molecule has 33 heavy (non-hydrogen) atoms. The molecular weight excluding hydrogens is 435 g/mol. The van der Waals surface area contributed by atoms with Crippen molar-refractivity contribution >= 4 is 16.8 Å². The molecule has 10 heteroatoms. The van der Waals surface area contributed by atoms with Gasteiger partial charge in [-0.3, -0.25) is 4.79 Å². The number of amides is 1. The molecule has 3 N–H and O–H groups in total. The molecule has 1 atom stereocenters. The number of carbonyl (C=O) groups excluding carboxylic acids is 1. The monoisotopic (exact) mass is 455 g/mol. The van der Waals surface area contributed by atoms with Crippen LogP contribution in [0.15, 0.2) is 60.8 Å². The van der Waals surface area contributed by atoms with E-state index in [1.165, 1.54) is 11.6 Å². The number of primary amides is 1. The summed E-state index contributed by atoms with van der Waals surface area (Å²) in [6.07, 6.45) is -4.40. The first-order valence-corrected chi connectivity index (χ1v) is 10.1. The van der Waals surface area contributed by atoms with Crippen LogP contribution in [0, 0.1) is 0 Å². The molecule has 0 aliphatic heterocycles. The fraction of sp³-hybridized carbons (Fsp3) is 0.217. The molecule has 0 fully saturated rings. The topological polar surface area (TPSA) is 107 Å². The number of halogens is 3. The molecule has 0 saturated carbocycles. The zero-order chi connectivity index (χ0) is 23.8. The van der Waals surface area contributed by atoms with Gasteiger partial charge in [0.25, 0.3) is 5.91 Å². The Morgan fingerprint density at radius 2 is 1.85 bits per heavy atom. The number of hydrogen-bond donors (Lipinski definition) is 2. The number of pyridine rings is 1. The van der Waals surface area contributed by atoms with Gasteiger partial charge >= 0.3 is 6.18 Å². The summed E-state index contributed by atoms with van der Waals surface area (Å²) in [7, 11) is 0. The molecule has 2 aromatic carbocycles. The highest BCUT2D eigenvalue weighted by atomic mass is 19.4. The van der Waals surface area contributed by atoms with E-state index in [1.54, 1.807) is 18.2 Å². The van der Waals surface area contributed by atoms with E-state index in [4.69, 9.17) is 5.73 Å². The van der Waals surface area contributed by atoms with Crippen molar-refractivity contribution in [3.05, 3.63) is 77.7 Å². The van der Waals surface area contributed by atoms with Gasteiger partial charge in [-0.05, 0) is 35.2 Å². The summed E-state index contributed by atoms with van der Waals surface area (Å²) in [5.74, 6) is -0.675. The van der Waals surface area contributed by atoms with Crippen LogP contribution in [0.3, 0.4) is 0 Å². The molecule has 0 unspecified atom stereocenters. The standard InChI is InChI=1S/C23H20F3N5O2/c1-2-22(33,23(24,25)26)20-13-31(30-29-20)12-14-8-9-16-17(15-6-4-3-5-7-15)11-19(21(27)32)28-18(16)10-14/h3-11,13,33H,2,12H2,1H3,(H2,27,32)/t22-/m1/s1. The van der Waals surface area contributed by atoms with Crippen molar-refractivity contribution in [3.63, 3.8) is 0 Å². The zero-order valence-electron chi connectivity index (χ0n) is 17.5. The normalized spacial score (nSPS) is 13.7. The van der Waals surface area contributed by atoms with Crippen molar-refractivity contribution in [1.29, 1.82) is 0 Å². The number of hydrogen-bond acceptors (Lipinski definition) is 5. The van der Waals surface area contributed by atoms with Gasteiger partial charge in [0.15, 0.2) is 0 Å². The van der Waals surface area contributed by atoms with Crippen LogP contribution in [-0.4, -0.2) is 37.2 Å². The molecule has 170 valence electrons. The first kappa shape index (κ1) is 22.4. The Morgan fingerprint density at radius 1 is 1.12 bits per heavy atom. The van der Waals surface area contributed by atoms with Crippen LogP contribution in [0.4, 0.5) is 13.2 Å². The average Bonchev–Trinajstić information content (AvgIpc) is 3.26. The summed E-state index contributed by atoms with van der Waals surface area (Å²) in [5.41, 5.74) is 4.75. The number of rotatable bonds is 6. The second-order valence-electron chi connectivity index (χ2n) is 7.65. The number of aliphatic hydroxyl groups is 1. The molecule has 0 saturated heterocycles. The Balaban J connectivity index is 1.72. The van der Waals surface area contributed by atoms with Gasteiger partial charge in [-0.1, -0.05) is 54.6 Å². The van der Waals surface area contributed by atoms with E-state index < -0.39 is 29.8 Å². The molecule has 0 radical (unpaired) electrons. The van der Waals surface area contributed by atoms with Crippen LogP contribution < -0.4 is 5.73 Å². The van der Waals surface area contributed by atoms with Gasteiger partial charge in [0.05, 0.1) is 18.3 Å². The van der Waals surface area contributed by atoms with E-state index >= 15 is 0 Å². The van der Waals surface area contributed by atoms with Gasteiger partial charge in [-0.2, -0.15) is 13.2 Å². The van der Waals surface area contributed by atoms with Crippen molar-refractivity contribution in [2.75, 3.05) is 0 Å². The molecule has 2 heterocycles. The zero-order valence-corrected chi connectivity index (χ0v) is 17.5. The van der Waals surface area contributed by atoms with Crippen molar-refractivity contribution < 1.29 is 23.1 Å². The van der Waals surface area contributed by atoms with E-state index in [0.29, 0.717) is 11.1 Å². The smallest absolute Gasteiger partial charge is 0.375 e. The maximum absolute atomic E-state index is 13.3. The fourth-order valence-corrected chi connectivity index (χ4v) is 3.63. The number of nitrogens with zero attached hydrogens (tertiary/aromatic N) is 4. The van der Waals surface area contributed by atoms with Crippen LogP contribution in [0.1, 0.15) is 35.1 Å². The van der Waals surface area contributed by atoms with Crippen molar-refractivity contribution in [2.24, 2.45) is 5.73 Å². The predicted octanol–water partition coefficient (Wildman–Crippen LogP) is 3.80. The molecular formula is C23H20F3N5O2. The van der Waals surface area contributed by atoms with Gasteiger partial charge in [0.2, 0.25) is 5.60 Å². The Bertz CT molecular complexity index is 1320. The SMILES string of the molecule is CC[C@@](O)(c1cn(Cc2ccc3c(-c4ccccc4)cc(C(N)=O)nc3c2)nn1)C(F)(F)F. The van der Waals surface area contributed by atoms with Crippen LogP contribution in [0.2, 0.25) is 0 Å². The summed E-state index contributed by atoms with van der Waals surface area (Å²) in [5, 5.41) is 18.1. The molecule has 0 aliphatic rings. The predicted molar refractivity (Wildman–Crippen MR) is 115 cm³/mol. The third kappa shape index (κ3) is 4.17. The lowest BCUT2D eigenvalue weighted by Crippen LogP contribution is -2.42. The summed E-state index contributed by atoms with van der Waals surface area (Å²) in [6.45, 7) is 1.31.